The molecule has 0 aliphatic carbocycles. The molecule has 144 valence electrons. The second-order valence-electron chi connectivity index (χ2n) is 6.68. The van der Waals surface area contributed by atoms with Crippen molar-refractivity contribution >= 4 is 5.82 Å². The van der Waals surface area contributed by atoms with Crippen molar-refractivity contribution in [3.8, 4) is 29.1 Å². The van der Waals surface area contributed by atoms with Gasteiger partial charge >= 0.3 is 0 Å². The van der Waals surface area contributed by atoms with Crippen molar-refractivity contribution in [2.24, 2.45) is 0 Å². The average Bonchev–Trinajstić information content (AvgIpc) is 3.24. The second kappa shape index (κ2) is 8.15. The van der Waals surface area contributed by atoms with Gasteiger partial charge in [0.25, 0.3) is 5.89 Å². The summed E-state index contributed by atoms with van der Waals surface area (Å²) in [6, 6.07) is 11.9. The SMILES string of the molecule is Cc1ncc(N2CCN(CCC#N)CC2)nc1-c1nnc(-c2ccccc2)o1.[HH]. The van der Waals surface area contributed by atoms with Gasteiger partial charge in [-0.2, -0.15) is 5.26 Å². The van der Waals surface area contributed by atoms with Crippen LogP contribution >= 0.6 is 0 Å². The highest BCUT2D eigenvalue weighted by molar-refractivity contribution is 5.58. The van der Waals surface area contributed by atoms with E-state index in [-0.39, 0.29) is 1.43 Å². The summed E-state index contributed by atoms with van der Waals surface area (Å²) < 4.78 is 5.86. The summed E-state index contributed by atoms with van der Waals surface area (Å²) in [6.07, 6.45) is 2.35. The van der Waals surface area contributed by atoms with E-state index in [9.17, 15) is 0 Å². The van der Waals surface area contributed by atoms with Crippen LogP contribution in [0.4, 0.5) is 5.82 Å². The summed E-state index contributed by atoms with van der Waals surface area (Å²) in [5.41, 5.74) is 2.23. The first-order valence-electron chi connectivity index (χ1n) is 9.32. The number of rotatable bonds is 5. The Labute approximate surface area is 164 Å². The standard InChI is InChI=1S/C20H21N7O.H2/c1-15-18(20-25-24-19(28-20)16-6-3-2-4-7-16)23-17(14-22-15)27-12-10-26(11-13-27)9-5-8-21;/h2-4,6-7,14H,5,9-13H2,1H3;1H. The first-order chi connectivity index (χ1) is 13.7. The lowest BCUT2D eigenvalue weighted by atomic mass is 10.2. The van der Waals surface area contributed by atoms with Gasteiger partial charge in [0, 0.05) is 46.1 Å². The highest BCUT2D eigenvalue weighted by Crippen LogP contribution is 2.26. The first-order valence-corrected chi connectivity index (χ1v) is 9.32. The summed E-state index contributed by atoms with van der Waals surface area (Å²) in [5.74, 6) is 1.65. The van der Waals surface area contributed by atoms with Crippen LogP contribution in [0.15, 0.2) is 40.9 Å². The van der Waals surface area contributed by atoms with Crippen LogP contribution in [0.3, 0.4) is 0 Å². The third-order valence-electron chi connectivity index (χ3n) is 4.83. The molecular weight excluding hydrogens is 354 g/mol. The molecule has 1 aliphatic heterocycles. The molecule has 1 aliphatic rings. The molecule has 0 radical (unpaired) electrons. The monoisotopic (exact) mass is 377 g/mol. The van der Waals surface area contributed by atoms with E-state index in [1.165, 1.54) is 0 Å². The van der Waals surface area contributed by atoms with E-state index in [1.54, 1.807) is 6.20 Å². The topological polar surface area (TPSA) is 95.0 Å². The highest BCUT2D eigenvalue weighted by Gasteiger charge is 2.21. The number of hydrogen-bond acceptors (Lipinski definition) is 8. The molecule has 0 amide bonds. The Morgan fingerprint density at radius 2 is 1.86 bits per heavy atom. The highest BCUT2D eigenvalue weighted by atomic mass is 16.4. The van der Waals surface area contributed by atoms with Gasteiger partial charge in [-0.15, -0.1) is 10.2 Å². The molecule has 0 saturated carbocycles. The molecule has 0 atom stereocenters. The number of anilines is 1. The summed E-state index contributed by atoms with van der Waals surface area (Å²) in [4.78, 5) is 13.7. The molecule has 8 nitrogen and oxygen atoms in total. The van der Waals surface area contributed by atoms with Crippen molar-refractivity contribution in [2.45, 2.75) is 13.3 Å². The molecule has 0 spiro atoms. The smallest absolute Gasteiger partial charge is 0.268 e. The van der Waals surface area contributed by atoms with Crippen molar-refractivity contribution in [1.82, 2.24) is 25.1 Å². The normalized spacial score (nSPS) is 14.8. The van der Waals surface area contributed by atoms with Gasteiger partial charge in [0.05, 0.1) is 18.0 Å². The molecule has 0 N–H and O–H groups in total. The molecule has 1 aromatic carbocycles. The van der Waals surface area contributed by atoms with Crippen molar-refractivity contribution < 1.29 is 5.84 Å². The van der Waals surface area contributed by atoms with Crippen LogP contribution < -0.4 is 4.90 Å². The summed E-state index contributed by atoms with van der Waals surface area (Å²) in [7, 11) is 0. The molecule has 0 bridgehead atoms. The van der Waals surface area contributed by atoms with Gasteiger partial charge in [-0.1, -0.05) is 18.2 Å². The van der Waals surface area contributed by atoms with Gasteiger partial charge in [-0.25, -0.2) is 4.98 Å². The minimum absolute atomic E-state index is 0. The Balaban J connectivity index is 0.00000240. The lowest BCUT2D eigenvalue weighted by molar-refractivity contribution is 0.263. The van der Waals surface area contributed by atoms with Crippen LogP contribution in [-0.2, 0) is 0 Å². The number of nitriles is 1. The van der Waals surface area contributed by atoms with Crippen molar-refractivity contribution in [3.63, 3.8) is 0 Å². The minimum Gasteiger partial charge on any atom is -0.415 e. The van der Waals surface area contributed by atoms with Crippen LogP contribution in [0.2, 0.25) is 0 Å². The van der Waals surface area contributed by atoms with Gasteiger partial charge in [0.2, 0.25) is 5.89 Å². The van der Waals surface area contributed by atoms with Gasteiger partial charge < -0.3 is 9.32 Å². The zero-order valence-electron chi connectivity index (χ0n) is 15.7. The Kier molecular flexibility index (Phi) is 5.26. The van der Waals surface area contributed by atoms with E-state index in [0.717, 1.165) is 49.8 Å². The van der Waals surface area contributed by atoms with Crippen LogP contribution in [0.1, 0.15) is 13.5 Å². The molecule has 28 heavy (non-hydrogen) atoms. The first kappa shape index (κ1) is 18.1. The number of aryl methyl sites for hydroxylation is 1. The molecule has 3 aromatic rings. The predicted molar refractivity (Wildman–Crippen MR) is 106 cm³/mol. The van der Waals surface area contributed by atoms with Crippen molar-refractivity contribution in [2.75, 3.05) is 37.6 Å². The van der Waals surface area contributed by atoms with E-state index in [1.807, 2.05) is 37.3 Å². The third-order valence-corrected chi connectivity index (χ3v) is 4.83. The maximum atomic E-state index is 8.74. The fraction of sp³-hybridized carbons (Fsp3) is 0.350. The molecule has 8 heteroatoms. The number of benzene rings is 1. The number of aromatic nitrogens is 4. The molecule has 4 rings (SSSR count). The van der Waals surface area contributed by atoms with Crippen LogP contribution in [0.25, 0.3) is 23.0 Å². The van der Waals surface area contributed by atoms with Crippen LogP contribution in [0.5, 0.6) is 0 Å². The fourth-order valence-electron chi connectivity index (χ4n) is 3.22. The summed E-state index contributed by atoms with van der Waals surface area (Å²) in [5, 5.41) is 17.1. The largest absolute Gasteiger partial charge is 0.415 e. The fourth-order valence-corrected chi connectivity index (χ4v) is 3.22. The maximum Gasteiger partial charge on any atom is 0.268 e. The third kappa shape index (κ3) is 3.85. The molecule has 3 heterocycles. The molecule has 1 fully saturated rings. The number of nitrogens with zero attached hydrogens (tertiary/aromatic N) is 7. The zero-order chi connectivity index (χ0) is 19.3. The van der Waals surface area contributed by atoms with Crippen LogP contribution in [0, 0.1) is 18.3 Å². The van der Waals surface area contributed by atoms with Gasteiger partial charge in [0.1, 0.15) is 5.82 Å². The lowest BCUT2D eigenvalue weighted by Gasteiger charge is -2.34. The molecule has 1 saturated heterocycles. The van der Waals surface area contributed by atoms with Gasteiger partial charge in [0.15, 0.2) is 5.69 Å². The molecular formula is C20H23N7O. The van der Waals surface area contributed by atoms with Gasteiger partial charge in [-0.05, 0) is 19.1 Å². The van der Waals surface area contributed by atoms with E-state index in [4.69, 9.17) is 14.7 Å². The zero-order valence-corrected chi connectivity index (χ0v) is 15.7. The summed E-state index contributed by atoms with van der Waals surface area (Å²) >= 11 is 0. The Morgan fingerprint density at radius 1 is 1.11 bits per heavy atom. The summed E-state index contributed by atoms with van der Waals surface area (Å²) in [6.45, 7) is 6.22. The number of piperazine rings is 1. The van der Waals surface area contributed by atoms with Gasteiger partial charge in [-0.3, -0.25) is 9.88 Å². The molecule has 2 aromatic heterocycles. The molecule has 0 unspecified atom stereocenters. The average molecular weight is 377 g/mol. The lowest BCUT2D eigenvalue weighted by Crippen LogP contribution is -2.47. The van der Waals surface area contributed by atoms with E-state index >= 15 is 0 Å². The van der Waals surface area contributed by atoms with E-state index in [0.29, 0.717) is 23.9 Å². The Morgan fingerprint density at radius 3 is 2.61 bits per heavy atom. The van der Waals surface area contributed by atoms with E-state index < -0.39 is 0 Å². The van der Waals surface area contributed by atoms with Crippen molar-refractivity contribution in [1.29, 1.82) is 5.26 Å². The number of hydrogen-bond donors (Lipinski definition) is 0. The maximum absolute atomic E-state index is 8.74. The Bertz CT molecular complexity index is 978. The minimum atomic E-state index is 0. The second-order valence-corrected chi connectivity index (χ2v) is 6.68. The van der Waals surface area contributed by atoms with Crippen molar-refractivity contribution in [3.05, 3.63) is 42.2 Å². The van der Waals surface area contributed by atoms with E-state index in [2.05, 4.69) is 31.1 Å². The van der Waals surface area contributed by atoms with Crippen LogP contribution in [-0.4, -0.2) is 57.8 Å². The Hall–Kier alpha value is -3.31. The quantitative estimate of drug-likeness (QED) is 0.670. The predicted octanol–water partition coefficient (Wildman–Crippen LogP) is 2.78.